The monoisotopic (exact) mass is 293 g/mol. The molecule has 1 aromatic carbocycles. The van der Waals surface area contributed by atoms with Crippen molar-refractivity contribution in [2.45, 2.75) is 25.5 Å². The number of carbonyl (C=O) groups is 2. The minimum absolute atomic E-state index is 0.122. The van der Waals surface area contributed by atoms with Crippen molar-refractivity contribution in [3.63, 3.8) is 0 Å². The number of benzene rings is 1. The van der Waals surface area contributed by atoms with Crippen LogP contribution in [0.4, 0.5) is 0 Å². The van der Waals surface area contributed by atoms with Crippen LogP contribution in [-0.4, -0.2) is 38.8 Å². The quantitative estimate of drug-likeness (QED) is 0.828. The zero-order chi connectivity index (χ0) is 15.2. The van der Waals surface area contributed by atoms with Crippen LogP contribution in [0, 0.1) is 0 Å². The molecule has 1 atom stereocenters. The van der Waals surface area contributed by atoms with Gasteiger partial charge in [-0.3, -0.25) is 4.79 Å². The first kappa shape index (κ1) is 15.3. The summed E-state index contributed by atoms with van der Waals surface area (Å²) in [6.45, 7) is 0.958. The first-order valence-electron chi connectivity index (χ1n) is 6.80. The van der Waals surface area contributed by atoms with Crippen molar-refractivity contribution in [1.82, 2.24) is 5.32 Å². The topological polar surface area (TPSA) is 73.9 Å². The van der Waals surface area contributed by atoms with Gasteiger partial charge in [0.15, 0.2) is 0 Å². The van der Waals surface area contributed by atoms with Crippen LogP contribution in [0.1, 0.15) is 28.8 Å². The zero-order valence-electron chi connectivity index (χ0n) is 12.2. The van der Waals surface area contributed by atoms with Gasteiger partial charge < -0.3 is 19.5 Å². The highest BCUT2D eigenvalue weighted by Crippen LogP contribution is 2.21. The van der Waals surface area contributed by atoms with Gasteiger partial charge in [-0.2, -0.15) is 0 Å². The molecule has 1 heterocycles. The average molecular weight is 293 g/mol. The van der Waals surface area contributed by atoms with Gasteiger partial charge in [0, 0.05) is 13.2 Å². The summed E-state index contributed by atoms with van der Waals surface area (Å²) in [7, 11) is 2.80. The molecule has 1 aromatic rings. The number of hydrogen-bond acceptors (Lipinski definition) is 5. The fourth-order valence-corrected chi connectivity index (χ4v) is 2.22. The summed E-state index contributed by atoms with van der Waals surface area (Å²) < 4.78 is 15.1. The number of nitrogens with one attached hydrogen (secondary N) is 1. The molecule has 0 radical (unpaired) electrons. The first-order valence-corrected chi connectivity index (χ1v) is 6.80. The number of rotatable bonds is 5. The number of esters is 1. The highest BCUT2D eigenvalue weighted by Gasteiger charge is 2.23. The molecule has 0 spiro atoms. The van der Waals surface area contributed by atoms with E-state index in [4.69, 9.17) is 14.2 Å². The van der Waals surface area contributed by atoms with Gasteiger partial charge in [-0.1, -0.05) is 6.07 Å². The van der Waals surface area contributed by atoms with Crippen LogP contribution in [0.2, 0.25) is 0 Å². The standard InChI is InChI=1S/C15H19NO5/c1-19-12-6-5-10(8-11(12)15(18)20-2)9-16-14(17)13-4-3-7-21-13/h5-6,8,13H,3-4,7,9H2,1-2H3,(H,16,17)/t13-/m1/s1. The van der Waals surface area contributed by atoms with E-state index >= 15 is 0 Å². The van der Waals surface area contributed by atoms with E-state index in [2.05, 4.69) is 5.32 Å². The molecule has 1 aliphatic rings. The summed E-state index contributed by atoms with van der Waals surface area (Å²) in [5, 5.41) is 2.81. The Kier molecular flexibility index (Phi) is 5.16. The SMILES string of the molecule is COC(=O)c1cc(CNC(=O)[C@H]2CCCO2)ccc1OC. The number of carbonyl (C=O) groups excluding carboxylic acids is 2. The molecule has 0 saturated carbocycles. The Labute approximate surface area is 123 Å². The van der Waals surface area contributed by atoms with E-state index in [1.807, 2.05) is 0 Å². The molecule has 6 nitrogen and oxygen atoms in total. The fraction of sp³-hybridized carbons (Fsp3) is 0.467. The normalized spacial score (nSPS) is 17.3. The van der Waals surface area contributed by atoms with E-state index in [1.165, 1.54) is 14.2 Å². The molecule has 21 heavy (non-hydrogen) atoms. The van der Waals surface area contributed by atoms with Crippen molar-refractivity contribution >= 4 is 11.9 Å². The van der Waals surface area contributed by atoms with Crippen LogP contribution in [0.25, 0.3) is 0 Å². The Balaban J connectivity index is 2.03. The Morgan fingerprint density at radius 3 is 2.81 bits per heavy atom. The number of hydrogen-bond donors (Lipinski definition) is 1. The Bertz CT molecular complexity index is 523. The molecule has 0 bridgehead atoms. The molecule has 0 unspecified atom stereocenters. The van der Waals surface area contributed by atoms with Crippen molar-refractivity contribution in [3.05, 3.63) is 29.3 Å². The largest absolute Gasteiger partial charge is 0.496 e. The summed E-state index contributed by atoms with van der Waals surface area (Å²) in [5.41, 5.74) is 1.13. The molecular formula is C15H19NO5. The van der Waals surface area contributed by atoms with Crippen LogP contribution in [0.15, 0.2) is 18.2 Å². The third-order valence-electron chi connectivity index (χ3n) is 3.36. The molecule has 1 fully saturated rings. The van der Waals surface area contributed by atoms with Gasteiger partial charge in [-0.15, -0.1) is 0 Å². The Hall–Kier alpha value is -2.08. The Morgan fingerprint density at radius 1 is 1.38 bits per heavy atom. The van der Waals surface area contributed by atoms with Gasteiger partial charge in [0.2, 0.25) is 5.91 Å². The maximum atomic E-state index is 11.9. The second-order valence-corrected chi connectivity index (χ2v) is 4.75. The highest BCUT2D eigenvalue weighted by atomic mass is 16.5. The van der Waals surface area contributed by atoms with Gasteiger partial charge in [0.25, 0.3) is 0 Å². The average Bonchev–Trinajstić information content (AvgIpc) is 3.06. The van der Waals surface area contributed by atoms with E-state index < -0.39 is 5.97 Å². The third-order valence-corrected chi connectivity index (χ3v) is 3.36. The minimum Gasteiger partial charge on any atom is -0.496 e. The van der Waals surface area contributed by atoms with Crippen LogP contribution >= 0.6 is 0 Å². The van der Waals surface area contributed by atoms with Crippen LogP contribution in [0.3, 0.4) is 0 Å². The van der Waals surface area contributed by atoms with Crippen LogP contribution in [0.5, 0.6) is 5.75 Å². The molecule has 0 aromatic heterocycles. The van der Waals surface area contributed by atoms with Crippen molar-refractivity contribution in [2.24, 2.45) is 0 Å². The predicted octanol–water partition coefficient (Wildman–Crippen LogP) is 1.28. The summed E-state index contributed by atoms with van der Waals surface area (Å²) in [6, 6.07) is 5.13. The summed E-state index contributed by atoms with van der Waals surface area (Å²) in [4.78, 5) is 23.5. The lowest BCUT2D eigenvalue weighted by Gasteiger charge is -2.12. The number of ether oxygens (including phenoxy) is 3. The summed E-state index contributed by atoms with van der Waals surface area (Å²) >= 11 is 0. The van der Waals surface area contributed by atoms with Crippen molar-refractivity contribution in [3.8, 4) is 5.75 Å². The maximum Gasteiger partial charge on any atom is 0.341 e. The lowest BCUT2D eigenvalue weighted by molar-refractivity contribution is -0.130. The van der Waals surface area contributed by atoms with Crippen LogP contribution < -0.4 is 10.1 Å². The lowest BCUT2D eigenvalue weighted by atomic mass is 10.1. The van der Waals surface area contributed by atoms with E-state index in [-0.39, 0.29) is 12.0 Å². The van der Waals surface area contributed by atoms with Gasteiger partial charge in [0.1, 0.15) is 17.4 Å². The van der Waals surface area contributed by atoms with E-state index in [9.17, 15) is 9.59 Å². The van der Waals surface area contributed by atoms with Gasteiger partial charge in [-0.25, -0.2) is 4.79 Å². The summed E-state index contributed by atoms with van der Waals surface area (Å²) in [5.74, 6) is -0.154. The van der Waals surface area contributed by atoms with Crippen molar-refractivity contribution in [2.75, 3.05) is 20.8 Å². The predicted molar refractivity (Wildman–Crippen MR) is 75.2 cm³/mol. The van der Waals surface area contributed by atoms with Crippen molar-refractivity contribution in [1.29, 1.82) is 0 Å². The third kappa shape index (κ3) is 3.72. The molecule has 1 saturated heterocycles. The lowest BCUT2D eigenvalue weighted by Crippen LogP contribution is -2.33. The van der Waals surface area contributed by atoms with Gasteiger partial charge in [-0.05, 0) is 30.5 Å². The second-order valence-electron chi connectivity index (χ2n) is 4.75. The van der Waals surface area contributed by atoms with E-state index in [0.29, 0.717) is 24.5 Å². The van der Waals surface area contributed by atoms with E-state index in [0.717, 1.165) is 18.4 Å². The Morgan fingerprint density at radius 2 is 2.19 bits per heavy atom. The molecule has 6 heteroatoms. The van der Waals surface area contributed by atoms with Crippen molar-refractivity contribution < 1.29 is 23.8 Å². The zero-order valence-corrected chi connectivity index (χ0v) is 12.2. The molecule has 114 valence electrons. The molecule has 1 aliphatic heterocycles. The second kappa shape index (κ2) is 7.08. The minimum atomic E-state index is -0.473. The molecule has 1 N–H and O–H groups in total. The molecular weight excluding hydrogens is 274 g/mol. The number of methoxy groups -OCH3 is 2. The highest BCUT2D eigenvalue weighted by molar-refractivity contribution is 5.92. The number of amides is 1. The smallest absolute Gasteiger partial charge is 0.341 e. The first-order chi connectivity index (χ1) is 10.2. The maximum absolute atomic E-state index is 11.9. The molecule has 1 amide bonds. The van der Waals surface area contributed by atoms with Gasteiger partial charge >= 0.3 is 5.97 Å². The van der Waals surface area contributed by atoms with Gasteiger partial charge in [0.05, 0.1) is 14.2 Å². The van der Waals surface area contributed by atoms with Crippen LogP contribution in [-0.2, 0) is 20.8 Å². The molecule has 0 aliphatic carbocycles. The summed E-state index contributed by atoms with van der Waals surface area (Å²) in [6.07, 6.45) is 1.30. The molecule has 2 rings (SSSR count). The fourth-order valence-electron chi connectivity index (χ4n) is 2.22. The van der Waals surface area contributed by atoms with E-state index in [1.54, 1.807) is 18.2 Å².